The Kier molecular flexibility index (Phi) is 23.1. The smallest absolute Gasteiger partial charge is 0.284 e. The van der Waals surface area contributed by atoms with Crippen molar-refractivity contribution in [3.8, 4) is 0 Å². The lowest BCUT2D eigenvalue weighted by Crippen LogP contribution is -2.62. The first-order valence-corrected chi connectivity index (χ1v) is 20.0. The van der Waals surface area contributed by atoms with E-state index in [0.717, 1.165) is 43.9 Å². The molecule has 0 aromatic carbocycles. The van der Waals surface area contributed by atoms with Gasteiger partial charge in [0.15, 0.2) is 0 Å². The third kappa shape index (κ3) is 19.1. The number of piperidine rings is 1. The van der Waals surface area contributed by atoms with Crippen LogP contribution in [0, 0.1) is 0 Å². The fourth-order valence-corrected chi connectivity index (χ4v) is 7.23. The van der Waals surface area contributed by atoms with Crippen molar-refractivity contribution in [3.05, 3.63) is 0 Å². The molecule has 1 aliphatic rings. The maximum Gasteiger partial charge on any atom is 0.284 e. The fourth-order valence-electron chi connectivity index (χ4n) is 7.23. The van der Waals surface area contributed by atoms with E-state index >= 15 is 0 Å². The molecule has 1 fully saturated rings. The number of hydrogen-bond acceptors (Lipinski definition) is 12. The number of nitrogens with one attached hydrogen (secondary N) is 2. The van der Waals surface area contributed by atoms with Gasteiger partial charge in [0.1, 0.15) is 13.2 Å². The zero-order valence-electron chi connectivity index (χ0n) is 32.8. The molecule has 0 unspecified atom stereocenters. The quantitative estimate of drug-likeness (QED) is 0.0453. The fraction of sp³-hybridized carbons (Fsp3) is 0.921. The second kappa shape index (κ2) is 26.0. The zero-order valence-corrected chi connectivity index (χ0v) is 32.8. The van der Waals surface area contributed by atoms with Crippen LogP contribution < -0.4 is 20.8 Å². The summed E-state index contributed by atoms with van der Waals surface area (Å²) in [6, 6.07) is 0.173. The van der Waals surface area contributed by atoms with Crippen molar-refractivity contribution < 1.29 is 24.6 Å². The lowest BCUT2D eigenvalue weighted by molar-refractivity contribution is -0.106. The van der Waals surface area contributed by atoms with Crippen LogP contribution in [0.3, 0.4) is 0 Å². The molecule has 1 saturated heterocycles. The minimum atomic E-state index is -0.205. The van der Waals surface area contributed by atoms with Gasteiger partial charge in [0.2, 0.25) is 11.9 Å². The summed E-state index contributed by atoms with van der Waals surface area (Å²) in [7, 11) is 1.72. The van der Waals surface area contributed by atoms with Gasteiger partial charge in [0.25, 0.3) is 5.95 Å². The summed E-state index contributed by atoms with van der Waals surface area (Å²) in [6.45, 7) is 12.9. The van der Waals surface area contributed by atoms with Crippen LogP contribution in [0.2, 0.25) is 0 Å². The van der Waals surface area contributed by atoms with Gasteiger partial charge in [-0.3, -0.25) is 0 Å². The summed E-state index contributed by atoms with van der Waals surface area (Å²) in [5.74, 6) is 1.14. The Bertz CT molecular complexity index is 963. The molecule has 1 aromatic rings. The van der Waals surface area contributed by atoms with E-state index in [4.69, 9.17) is 24.4 Å². The Morgan fingerprint density at radius 2 is 1.16 bits per heavy atom. The highest BCUT2D eigenvalue weighted by molar-refractivity contribution is 5.44. The normalized spacial score (nSPS) is 15.8. The predicted octanol–water partition coefficient (Wildman–Crippen LogP) is 7.35. The van der Waals surface area contributed by atoms with Crippen LogP contribution in [-0.2, 0) is 14.4 Å². The predicted molar refractivity (Wildman–Crippen MR) is 205 cm³/mol. The third-order valence-corrected chi connectivity index (χ3v) is 9.30. The van der Waals surface area contributed by atoms with E-state index in [1.807, 2.05) is 0 Å². The van der Waals surface area contributed by atoms with Crippen molar-refractivity contribution in [2.45, 2.75) is 174 Å². The van der Waals surface area contributed by atoms with Crippen LogP contribution >= 0.6 is 0 Å². The molecule has 12 nitrogen and oxygen atoms in total. The first-order valence-electron chi connectivity index (χ1n) is 20.0. The maximum absolute atomic E-state index is 9.44. The molecule has 0 saturated carbocycles. The second-order valence-electron chi connectivity index (χ2n) is 15.4. The largest absolute Gasteiger partial charge is 0.394 e. The summed E-state index contributed by atoms with van der Waals surface area (Å²) >= 11 is 0. The van der Waals surface area contributed by atoms with Crippen molar-refractivity contribution in [1.29, 1.82) is 0 Å². The van der Waals surface area contributed by atoms with Crippen LogP contribution in [0.5, 0.6) is 0 Å². The van der Waals surface area contributed by atoms with Crippen molar-refractivity contribution in [2.75, 3.05) is 68.7 Å². The van der Waals surface area contributed by atoms with Crippen LogP contribution in [0.15, 0.2) is 0 Å². The SMILES string of the molecule is CCCCCCCCCCCCCCCCCCNc1nc(N(OCCO)OCCO)nc(N(CCCOC)C2CC(C)(C)NC(C)(C)C2)n1. The first-order chi connectivity index (χ1) is 24.1. The second-order valence-corrected chi connectivity index (χ2v) is 15.4. The van der Waals surface area contributed by atoms with Gasteiger partial charge in [-0.25, -0.2) is 9.68 Å². The molecule has 1 aromatic heterocycles. The molecule has 0 spiro atoms. The molecule has 0 atom stereocenters. The number of nitrogens with zero attached hydrogens (tertiary/aromatic N) is 5. The number of aromatic nitrogens is 3. The van der Waals surface area contributed by atoms with Gasteiger partial charge in [-0.15, -0.1) is 0 Å². The highest BCUT2D eigenvalue weighted by atomic mass is 17.0. The van der Waals surface area contributed by atoms with Gasteiger partial charge in [-0.05, 0) is 53.4 Å². The van der Waals surface area contributed by atoms with Gasteiger partial charge in [0, 0.05) is 43.9 Å². The zero-order chi connectivity index (χ0) is 36.5. The maximum atomic E-state index is 9.44. The van der Waals surface area contributed by atoms with Crippen molar-refractivity contribution in [3.63, 3.8) is 0 Å². The number of ether oxygens (including phenoxy) is 1. The Balaban J connectivity index is 1.99. The molecule has 50 heavy (non-hydrogen) atoms. The van der Waals surface area contributed by atoms with E-state index in [0.29, 0.717) is 25.0 Å². The average molecular weight is 710 g/mol. The van der Waals surface area contributed by atoms with E-state index in [1.165, 1.54) is 89.9 Å². The van der Waals surface area contributed by atoms with Gasteiger partial charge < -0.3 is 30.5 Å². The highest BCUT2D eigenvalue weighted by Crippen LogP contribution is 2.34. The molecule has 0 aliphatic carbocycles. The summed E-state index contributed by atoms with van der Waals surface area (Å²) in [4.78, 5) is 28.0. The number of aliphatic hydroxyl groups excluding tert-OH is 2. The minimum Gasteiger partial charge on any atom is -0.394 e. The summed E-state index contributed by atoms with van der Waals surface area (Å²) in [5.41, 5.74) is -0.146. The molecule has 1 aliphatic heterocycles. The van der Waals surface area contributed by atoms with Crippen LogP contribution in [0.4, 0.5) is 17.8 Å². The van der Waals surface area contributed by atoms with Crippen LogP contribution in [0.1, 0.15) is 157 Å². The number of rotatable bonds is 31. The number of anilines is 3. The minimum absolute atomic E-state index is 0.0113. The Morgan fingerprint density at radius 1 is 0.680 bits per heavy atom. The summed E-state index contributed by atoms with van der Waals surface area (Å²) < 4.78 is 5.41. The molecule has 292 valence electrons. The summed E-state index contributed by atoms with van der Waals surface area (Å²) in [5, 5.41) is 27.2. The average Bonchev–Trinajstić information content (AvgIpc) is 3.06. The van der Waals surface area contributed by atoms with Gasteiger partial charge in [0.05, 0.1) is 13.2 Å². The third-order valence-electron chi connectivity index (χ3n) is 9.30. The number of methoxy groups -OCH3 is 1. The van der Waals surface area contributed by atoms with Crippen LogP contribution in [0.25, 0.3) is 0 Å². The lowest BCUT2D eigenvalue weighted by atomic mass is 9.79. The number of hydrogen-bond donors (Lipinski definition) is 4. The van der Waals surface area contributed by atoms with E-state index in [2.05, 4.69) is 55.1 Å². The molecular formula is C38H75N7O5. The number of aliphatic hydroxyl groups is 2. The molecule has 0 radical (unpaired) electrons. The monoisotopic (exact) mass is 710 g/mol. The van der Waals surface area contributed by atoms with Crippen molar-refractivity contribution in [1.82, 2.24) is 20.3 Å². The standard InChI is InChI=1S/C38H75N7O5/c1-7-8-9-10-11-12-13-14-15-16-17-18-19-20-21-22-24-39-34-40-35(42-36(41-34)45(49-29-26-46)50-30-27-47)44(25-23-28-48-6)33-31-37(2,3)43-38(4,5)32-33/h33,43,46-47H,7-32H2,1-6H3,(H,39,40,41,42). The highest BCUT2D eigenvalue weighted by Gasteiger charge is 2.41. The topological polar surface area (TPSA) is 137 Å². The van der Waals surface area contributed by atoms with Crippen molar-refractivity contribution >= 4 is 17.8 Å². The van der Waals surface area contributed by atoms with Gasteiger partial charge in [-0.1, -0.05) is 108 Å². The van der Waals surface area contributed by atoms with E-state index in [1.54, 1.807) is 7.11 Å². The molecule has 2 rings (SSSR count). The van der Waals surface area contributed by atoms with E-state index in [9.17, 15) is 10.2 Å². The van der Waals surface area contributed by atoms with E-state index < -0.39 is 0 Å². The summed E-state index contributed by atoms with van der Waals surface area (Å²) in [6.07, 6.45) is 24.0. The van der Waals surface area contributed by atoms with E-state index in [-0.39, 0.29) is 49.5 Å². The molecular weight excluding hydrogens is 634 g/mol. The Labute approximate surface area is 304 Å². The Hall–Kier alpha value is -1.83. The molecule has 4 N–H and O–H groups in total. The number of unbranched alkanes of at least 4 members (excludes halogenated alkanes) is 15. The van der Waals surface area contributed by atoms with Crippen LogP contribution in [-0.4, -0.2) is 95.5 Å². The van der Waals surface area contributed by atoms with Crippen molar-refractivity contribution in [2.24, 2.45) is 0 Å². The Morgan fingerprint density at radius 3 is 1.64 bits per heavy atom. The van der Waals surface area contributed by atoms with Gasteiger partial charge in [-0.2, -0.15) is 15.0 Å². The lowest BCUT2D eigenvalue weighted by Gasteiger charge is -2.49. The van der Waals surface area contributed by atoms with Gasteiger partial charge >= 0.3 is 0 Å². The first kappa shape index (κ1) is 44.3. The molecule has 12 heteroatoms. The molecule has 0 amide bonds. The molecule has 2 heterocycles. The molecule has 0 bridgehead atoms.